The van der Waals surface area contributed by atoms with E-state index in [1.165, 1.54) is 0 Å². The molecule has 1 aliphatic heterocycles. The fourth-order valence-electron chi connectivity index (χ4n) is 2.28. The highest BCUT2D eigenvalue weighted by Gasteiger charge is 2.33. The van der Waals surface area contributed by atoms with Crippen molar-refractivity contribution >= 4 is 10.4 Å². The highest BCUT2D eigenvalue weighted by molar-refractivity contribution is 7.83. The van der Waals surface area contributed by atoms with Crippen molar-refractivity contribution in [3.63, 3.8) is 0 Å². The first-order chi connectivity index (χ1) is 9.27. The quantitative estimate of drug-likeness (QED) is 0.772. The number of aromatic nitrogens is 1. The Kier molecular flexibility index (Phi) is 4.46. The van der Waals surface area contributed by atoms with Crippen LogP contribution < -0.4 is 0 Å². The molecule has 0 saturated carbocycles. The smallest absolute Gasteiger partial charge is 0.374 e. The van der Waals surface area contributed by atoms with Gasteiger partial charge in [-0.15, -0.1) is 0 Å². The summed E-state index contributed by atoms with van der Waals surface area (Å²) in [6.07, 6.45) is 2.32. The number of halogens is 1. The van der Waals surface area contributed by atoms with Gasteiger partial charge in [-0.05, 0) is 13.5 Å². The van der Waals surface area contributed by atoms with Crippen molar-refractivity contribution in [1.82, 2.24) is 14.2 Å². The molecule has 0 aromatic carbocycles. The van der Waals surface area contributed by atoms with Gasteiger partial charge in [0, 0.05) is 25.0 Å². The zero-order chi connectivity index (χ0) is 14.9. The molecule has 0 aliphatic carbocycles. The Labute approximate surface area is 118 Å². The lowest BCUT2D eigenvalue weighted by Crippen LogP contribution is -2.35. The molecular formula is C12H20FN3O3S. The van der Waals surface area contributed by atoms with Crippen LogP contribution in [0, 0.1) is 0 Å². The van der Waals surface area contributed by atoms with Crippen molar-refractivity contribution in [3.8, 4) is 0 Å². The van der Waals surface area contributed by atoms with Gasteiger partial charge in [-0.2, -0.15) is 12.7 Å². The second-order valence-corrected chi connectivity index (χ2v) is 6.81. The van der Waals surface area contributed by atoms with E-state index in [1.807, 2.05) is 25.8 Å². The molecule has 0 amide bonds. The molecule has 6 nitrogen and oxygen atoms in total. The summed E-state index contributed by atoms with van der Waals surface area (Å²) >= 11 is 0. The van der Waals surface area contributed by atoms with Gasteiger partial charge in [-0.3, -0.25) is 4.90 Å². The Balaban J connectivity index is 1.94. The van der Waals surface area contributed by atoms with Gasteiger partial charge < -0.3 is 4.42 Å². The van der Waals surface area contributed by atoms with E-state index < -0.39 is 10.4 Å². The van der Waals surface area contributed by atoms with E-state index in [2.05, 4.69) is 4.98 Å². The van der Waals surface area contributed by atoms with E-state index in [1.54, 1.807) is 6.20 Å². The minimum Gasteiger partial charge on any atom is -0.444 e. The molecule has 1 aromatic rings. The van der Waals surface area contributed by atoms with Gasteiger partial charge in [0.15, 0.2) is 0 Å². The molecule has 1 unspecified atom stereocenters. The third kappa shape index (κ3) is 3.56. The van der Waals surface area contributed by atoms with Crippen molar-refractivity contribution < 1.29 is 16.7 Å². The van der Waals surface area contributed by atoms with Gasteiger partial charge in [-0.1, -0.05) is 17.7 Å². The molecule has 0 N–H and O–H groups in total. The summed E-state index contributed by atoms with van der Waals surface area (Å²) in [5.41, 5.74) is 0. The van der Waals surface area contributed by atoms with Crippen LogP contribution in [-0.4, -0.2) is 48.8 Å². The molecule has 8 heteroatoms. The first-order valence-corrected chi connectivity index (χ1v) is 7.96. The van der Waals surface area contributed by atoms with E-state index >= 15 is 0 Å². The Morgan fingerprint density at radius 2 is 2.30 bits per heavy atom. The fourth-order valence-corrected chi connectivity index (χ4v) is 2.95. The highest BCUT2D eigenvalue weighted by atomic mass is 32.3. The van der Waals surface area contributed by atoms with Crippen molar-refractivity contribution in [2.45, 2.75) is 38.8 Å². The van der Waals surface area contributed by atoms with Gasteiger partial charge in [-0.25, -0.2) is 4.98 Å². The van der Waals surface area contributed by atoms with E-state index in [4.69, 9.17) is 4.42 Å². The molecule has 1 aromatic heterocycles. The summed E-state index contributed by atoms with van der Waals surface area (Å²) in [5, 5.41) is 0. The highest BCUT2D eigenvalue weighted by Crippen LogP contribution is 2.21. The van der Waals surface area contributed by atoms with Crippen molar-refractivity contribution in [2.75, 3.05) is 20.1 Å². The van der Waals surface area contributed by atoms with E-state index in [9.17, 15) is 12.3 Å². The normalized spacial score (nSPS) is 21.2. The van der Waals surface area contributed by atoms with Crippen LogP contribution in [0.3, 0.4) is 0 Å². The summed E-state index contributed by atoms with van der Waals surface area (Å²) in [6.45, 7) is 4.92. The van der Waals surface area contributed by atoms with Crippen LogP contribution in [0.15, 0.2) is 10.6 Å². The van der Waals surface area contributed by atoms with Crippen LogP contribution in [0.5, 0.6) is 0 Å². The molecule has 0 bridgehead atoms. The second kappa shape index (κ2) is 5.79. The second-order valence-electron chi connectivity index (χ2n) is 5.47. The van der Waals surface area contributed by atoms with Crippen LogP contribution in [0.25, 0.3) is 0 Å². The van der Waals surface area contributed by atoms with E-state index in [-0.39, 0.29) is 25.0 Å². The topological polar surface area (TPSA) is 66.7 Å². The van der Waals surface area contributed by atoms with E-state index in [0.717, 1.165) is 10.1 Å². The Hall–Kier alpha value is -0.990. The first kappa shape index (κ1) is 15.4. The van der Waals surface area contributed by atoms with Crippen LogP contribution in [0.1, 0.15) is 37.8 Å². The Bertz CT molecular complexity index is 558. The zero-order valence-corrected chi connectivity index (χ0v) is 12.7. The standard InChI is InChI=1S/C12H20FN3O3S/c1-9(2)11-6-14-12(19-11)8-15(3)10-4-5-16(7-10)20(13,17)18/h6,9-10H,4-5,7-8H2,1-3H3. The minimum atomic E-state index is -4.58. The summed E-state index contributed by atoms with van der Waals surface area (Å²) in [6, 6.07) is -0.0186. The molecular weight excluding hydrogens is 285 g/mol. The molecule has 114 valence electrons. The third-order valence-corrected chi connectivity index (χ3v) is 4.53. The molecule has 1 aliphatic rings. The summed E-state index contributed by atoms with van der Waals surface area (Å²) in [5.74, 6) is 1.70. The summed E-state index contributed by atoms with van der Waals surface area (Å²) in [7, 11) is -2.72. The largest absolute Gasteiger partial charge is 0.444 e. The lowest BCUT2D eigenvalue weighted by Gasteiger charge is -2.22. The van der Waals surface area contributed by atoms with Crippen molar-refractivity contribution in [1.29, 1.82) is 0 Å². The molecule has 0 spiro atoms. The predicted molar refractivity (Wildman–Crippen MR) is 72.1 cm³/mol. The number of hydrogen-bond donors (Lipinski definition) is 0. The fraction of sp³-hybridized carbons (Fsp3) is 0.750. The molecule has 1 atom stereocenters. The van der Waals surface area contributed by atoms with Crippen molar-refractivity contribution in [3.05, 3.63) is 17.8 Å². The van der Waals surface area contributed by atoms with Gasteiger partial charge in [0.2, 0.25) is 5.89 Å². The lowest BCUT2D eigenvalue weighted by atomic mass is 10.2. The predicted octanol–water partition coefficient (Wildman–Crippen LogP) is 1.52. The first-order valence-electron chi connectivity index (χ1n) is 6.62. The monoisotopic (exact) mass is 305 g/mol. The number of nitrogens with zero attached hydrogens (tertiary/aromatic N) is 3. The number of hydrogen-bond acceptors (Lipinski definition) is 5. The Morgan fingerprint density at radius 3 is 2.80 bits per heavy atom. The van der Waals surface area contributed by atoms with Gasteiger partial charge >= 0.3 is 10.4 Å². The van der Waals surface area contributed by atoms with Crippen molar-refractivity contribution in [2.24, 2.45) is 0 Å². The minimum absolute atomic E-state index is 0.0186. The lowest BCUT2D eigenvalue weighted by molar-refractivity contribution is 0.216. The number of likely N-dealkylation sites (N-methyl/N-ethyl adjacent to an activating group) is 1. The molecule has 2 heterocycles. The van der Waals surface area contributed by atoms with Crippen LogP contribution >= 0.6 is 0 Å². The van der Waals surface area contributed by atoms with Gasteiger partial charge in [0.05, 0.1) is 12.7 Å². The van der Waals surface area contributed by atoms with Gasteiger partial charge in [0.1, 0.15) is 5.76 Å². The average Bonchev–Trinajstić information content (AvgIpc) is 2.95. The molecule has 20 heavy (non-hydrogen) atoms. The summed E-state index contributed by atoms with van der Waals surface area (Å²) < 4.78 is 41.1. The maximum absolute atomic E-state index is 12.9. The van der Waals surface area contributed by atoms with Crippen LogP contribution in [-0.2, 0) is 17.0 Å². The molecule has 2 rings (SSSR count). The Morgan fingerprint density at radius 1 is 1.60 bits per heavy atom. The van der Waals surface area contributed by atoms with Gasteiger partial charge in [0.25, 0.3) is 0 Å². The number of oxazole rings is 1. The molecule has 0 radical (unpaired) electrons. The maximum atomic E-state index is 12.9. The summed E-state index contributed by atoms with van der Waals surface area (Å²) in [4.78, 5) is 6.15. The average molecular weight is 305 g/mol. The van der Waals surface area contributed by atoms with E-state index in [0.29, 0.717) is 18.9 Å². The SMILES string of the molecule is CC(C)c1cnc(CN(C)C2CCN(S(=O)(=O)F)C2)o1. The number of rotatable bonds is 5. The van der Waals surface area contributed by atoms with Crippen LogP contribution in [0.2, 0.25) is 0 Å². The zero-order valence-electron chi connectivity index (χ0n) is 11.9. The van der Waals surface area contributed by atoms with Crippen LogP contribution in [0.4, 0.5) is 3.89 Å². The third-order valence-electron chi connectivity index (χ3n) is 3.58. The molecule has 1 saturated heterocycles. The molecule has 1 fully saturated rings. The maximum Gasteiger partial charge on any atom is 0.374 e.